The Hall–Kier alpha value is -2.30. The van der Waals surface area contributed by atoms with Crippen LogP contribution in [0.1, 0.15) is 29.8 Å². The Bertz CT molecular complexity index is 805. The molecule has 0 bridgehead atoms. The van der Waals surface area contributed by atoms with Crippen LogP contribution in [0.15, 0.2) is 12.1 Å². The van der Waals surface area contributed by atoms with Gasteiger partial charge in [0.25, 0.3) is 0 Å². The van der Waals surface area contributed by atoms with Crippen molar-refractivity contribution in [3.05, 3.63) is 23.3 Å². The van der Waals surface area contributed by atoms with Crippen LogP contribution in [0.4, 0.5) is 0 Å². The van der Waals surface area contributed by atoms with Gasteiger partial charge < -0.3 is 31.1 Å². The molecule has 1 amide bonds. The van der Waals surface area contributed by atoms with Crippen LogP contribution in [-0.2, 0) is 10.1 Å². The molecule has 2 heterocycles. The number of aliphatic hydroxyl groups excluding tert-OH is 1. The summed E-state index contributed by atoms with van der Waals surface area (Å²) in [6.45, 7) is 4.80. The Balaban J connectivity index is 1.61. The van der Waals surface area contributed by atoms with Gasteiger partial charge in [0.1, 0.15) is 36.0 Å². The molecule has 2 aliphatic heterocycles. The number of ether oxygens (including phenoxy) is 1. The Kier molecular flexibility index (Phi) is 5.80. The molecule has 1 radical (unpaired) electrons. The summed E-state index contributed by atoms with van der Waals surface area (Å²) in [6, 6.07) is 3.30. The van der Waals surface area contributed by atoms with E-state index in [2.05, 4.69) is 5.32 Å². The predicted molar refractivity (Wildman–Crippen MR) is 107 cm³/mol. The first kappa shape index (κ1) is 21.4. The maximum Gasteiger partial charge on any atom is 0.343 e. The average molecular weight is 404 g/mol. The van der Waals surface area contributed by atoms with Crippen LogP contribution >= 0.6 is 0 Å². The quantitative estimate of drug-likeness (QED) is 0.341. The van der Waals surface area contributed by atoms with Crippen LogP contribution < -0.4 is 15.8 Å². The van der Waals surface area contributed by atoms with E-state index < -0.39 is 11.5 Å². The minimum atomic E-state index is -1.24. The number of aliphatic hydroxyl groups is 1. The van der Waals surface area contributed by atoms with Gasteiger partial charge in [0.15, 0.2) is 0 Å². The Morgan fingerprint density at radius 3 is 2.66 bits per heavy atom. The van der Waals surface area contributed by atoms with Crippen molar-refractivity contribution in [3.8, 4) is 11.5 Å². The third-order valence-electron chi connectivity index (χ3n) is 5.47. The lowest BCUT2D eigenvalue weighted by molar-refractivity contribution is -0.127. The van der Waals surface area contributed by atoms with Crippen molar-refractivity contribution in [1.29, 1.82) is 0 Å². The number of carboxylic acid groups (broad SMARTS) is 1. The van der Waals surface area contributed by atoms with E-state index in [9.17, 15) is 19.8 Å². The Labute approximate surface area is 170 Å². The van der Waals surface area contributed by atoms with E-state index >= 15 is 0 Å². The second-order valence-corrected chi connectivity index (χ2v) is 8.30. The number of likely N-dealkylation sites (tertiary alicyclic amines) is 1. The molecule has 1 aromatic carbocycles. The summed E-state index contributed by atoms with van der Waals surface area (Å²) in [5.74, 6) is -1.72. The van der Waals surface area contributed by atoms with Gasteiger partial charge in [-0.1, -0.05) is 19.3 Å². The molecular weight excluding hydrogens is 377 g/mol. The van der Waals surface area contributed by atoms with Crippen molar-refractivity contribution in [2.45, 2.75) is 37.1 Å². The molecule has 1 aromatic rings. The van der Waals surface area contributed by atoms with Gasteiger partial charge in [-0.3, -0.25) is 9.69 Å². The summed E-state index contributed by atoms with van der Waals surface area (Å²) in [5.41, 5.74) is 5.30. The van der Waals surface area contributed by atoms with E-state index in [1.54, 1.807) is 19.1 Å². The molecule has 2 aliphatic rings. The fourth-order valence-electron chi connectivity index (χ4n) is 3.52. The summed E-state index contributed by atoms with van der Waals surface area (Å²) >= 11 is 0. The molecule has 2 unspecified atom stereocenters. The van der Waals surface area contributed by atoms with Gasteiger partial charge in [0, 0.05) is 26.2 Å². The van der Waals surface area contributed by atoms with Crippen LogP contribution in [0, 0.1) is 0 Å². The van der Waals surface area contributed by atoms with Crippen molar-refractivity contribution in [2.75, 3.05) is 32.8 Å². The first-order valence-electron chi connectivity index (χ1n) is 9.58. The van der Waals surface area contributed by atoms with Crippen molar-refractivity contribution in [2.24, 2.45) is 5.73 Å². The highest BCUT2D eigenvalue weighted by atomic mass is 16.5. The van der Waals surface area contributed by atoms with Gasteiger partial charge in [-0.05, 0) is 23.9 Å². The minimum absolute atomic E-state index is 0.129. The monoisotopic (exact) mass is 404 g/mol. The number of carbonyl (C=O) groups is 2. The molecule has 0 aromatic heterocycles. The normalized spacial score (nSPS) is 23.4. The average Bonchev–Trinajstić information content (AvgIpc) is 3.35. The summed E-state index contributed by atoms with van der Waals surface area (Å²) in [7, 11) is 2.01. The highest BCUT2D eigenvalue weighted by Crippen LogP contribution is 2.47. The number of phenols is 1. The second-order valence-electron chi connectivity index (χ2n) is 8.30. The molecule has 9 nitrogen and oxygen atoms in total. The number of hydrogen-bond donors (Lipinski definition) is 5. The number of amides is 1. The summed E-state index contributed by atoms with van der Waals surface area (Å²) < 4.78 is 5.81. The number of carboxylic acids is 1. The van der Waals surface area contributed by atoms with Crippen molar-refractivity contribution in [3.63, 3.8) is 0 Å². The SMILES string of the molecule is CC(N)(CN1CC(Oc2ccc(C3(C)[B]C3)c(O)c2C(=O)O)C1)C(=O)NCCO. The summed E-state index contributed by atoms with van der Waals surface area (Å²) in [4.78, 5) is 25.7. The maximum atomic E-state index is 12.0. The summed E-state index contributed by atoms with van der Waals surface area (Å²) in [6.07, 6.45) is 0.527. The van der Waals surface area contributed by atoms with Gasteiger partial charge >= 0.3 is 5.97 Å². The number of rotatable bonds is 9. The number of nitrogens with two attached hydrogens (primary N) is 1. The molecule has 0 aliphatic carbocycles. The molecule has 6 N–H and O–H groups in total. The first-order chi connectivity index (χ1) is 13.6. The van der Waals surface area contributed by atoms with E-state index in [0.717, 1.165) is 6.32 Å². The van der Waals surface area contributed by atoms with Gasteiger partial charge in [0.2, 0.25) is 5.91 Å². The van der Waals surface area contributed by atoms with E-state index in [0.29, 0.717) is 25.2 Å². The third kappa shape index (κ3) is 4.49. The number of carbonyl (C=O) groups excluding carboxylic acids is 1. The zero-order chi connectivity index (χ0) is 21.4. The maximum absolute atomic E-state index is 12.0. The zero-order valence-electron chi connectivity index (χ0n) is 16.6. The largest absolute Gasteiger partial charge is 0.507 e. The van der Waals surface area contributed by atoms with Crippen LogP contribution in [0.5, 0.6) is 11.5 Å². The molecular formula is C19H27BN3O6. The molecule has 2 fully saturated rings. The van der Waals surface area contributed by atoms with Gasteiger partial charge in [0.05, 0.1) is 6.61 Å². The van der Waals surface area contributed by atoms with E-state index in [1.165, 1.54) is 0 Å². The number of aromatic hydroxyl groups is 1. The second kappa shape index (κ2) is 7.85. The lowest BCUT2D eigenvalue weighted by Gasteiger charge is -2.42. The smallest absolute Gasteiger partial charge is 0.343 e. The fraction of sp³-hybridized carbons (Fsp3) is 0.579. The Morgan fingerprint density at radius 2 is 2.10 bits per heavy atom. The molecule has 0 spiro atoms. The van der Waals surface area contributed by atoms with Gasteiger partial charge in [-0.2, -0.15) is 0 Å². The van der Waals surface area contributed by atoms with E-state index in [-0.39, 0.29) is 47.5 Å². The van der Waals surface area contributed by atoms with E-state index in [4.69, 9.17) is 15.6 Å². The highest BCUT2D eigenvalue weighted by Gasteiger charge is 2.44. The molecule has 10 heteroatoms. The zero-order valence-corrected chi connectivity index (χ0v) is 16.6. The van der Waals surface area contributed by atoms with Crippen molar-refractivity contribution >= 4 is 19.2 Å². The molecule has 157 valence electrons. The van der Waals surface area contributed by atoms with Crippen LogP contribution in [0.2, 0.25) is 6.32 Å². The minimum Gasteiger partial charge on any atom is -0.507 e. The van der Waals surface area contributed by atoms with Crippen LogP contribution in [0.3, 0.4) is 0 Å². The number of nitrogens with one attached hydrogen (secondary N) is 1. The Morgan fingerprint density at radius 1 is 1.45 bits per heavy atom. The predicted octanol–water partition coefficient (Wildman–Crippen LogP) is -0.669. The first-order valence-corrected chi connectivity index (χ1v) is 9.58. The third-order valence-corrected chi connectivity index (χ3v) is 5.47. The van der Waals surface area contributed by atoms with Crippen molar-refractivity contribution in [1.82, 2.24) is 10.2 Å². The molecule has 2 atom stereocenters. The molecule has 2 saturated heterocycles. The highest BCUT2D eigenvalue weighted by molar-refractivity contribution is 6.54. The number of aromatic carboxylic acids is 1. The molecule has 3 rings (SSSR count). The van der Waals surface area contributed by atoms with Gasteiger partial charge in [-0.15, -0.1) is 0 Å². The molecule has 0 saturated carbocycles. The fourth-order valence-corrected chi connectivity index (χ4v) is 3.52. The lowest BCUT2D eigenvalue weighted by Crippen LogP contribution is -2.64. The van der Waals surface area contributed by atoms with E-state index in [1.807, 2.05) is 19.1 Å². The number of hydrogen-bond acceptors (Lipinski definition) is 7. The summed E-state index contributed by atoms with van der Waals surface area (Å²) in [5, 5.41) is 31.1. The standard InChI is InChI=1S/C19H27BN3O6/c1-18(9-20-18)12-3-4-13(14(15(12)25)16(26)27)29-11-7-23(8-11)10-19(2,21)17(28)22-5-6-24/h3-4,11,24-25H,5-10,21H2,1-2H3,(H,22,28)(H,26,27). The van der Waals surface area contributed by atoms with Crippen molar-refractivity contribution < 1.29 is 29.6 Å². The van der Waals surface area contributed by atoms with Crippen LogP contribution in [0.25, 0.3) is 0 Å². The topological polar surface area (TPSA) is 145 Å². The number of nitrogens with zero attached hydrogens (tertiary/aromatic N) is 1. The number of benzene rings is 1. The van der Waals surface area contributed by atoms with Gasteiger partial charge in [-0.25, -0.2) is 4.79 Å². The lowest BCUT2D eigenvalue weighted by atomic mass is 9.81. The van der Waals surface area contributed by atoms with Crippen LogP contribution in [-0.4, -0.2) is 83.8 Å². The molecule has 29 heavy (non-hydrogen) atoms.